The molecule has 1 saturated carbocycles. The number of rotatable bonds is 4. The monoisotopic (exact) mass is 238 g/mol. The highest BCUT2D eigenvalue weighted by Gasteiger charge is 2.38. The highest BCUT2D eigenvalue weighted by atomic mass is 15.2. The summed E-state index contributed by atoms with van der Waals surface area (Å²) in [4.78, 5) is 2.68. The maximum atomic E-state index is 6.09. The summed E-state index contributed by atoms with van der Waals surface area (Å²) in [5.74, 6) is 0.957. The Bertz CT molecular complexity index is 248. The Morgan fingerprint density at radius 2 is 1.82 bits per heavy atom. The third-order valence-corrected chi connectivity index (χ3v) is 5.27. The third-order valence-electron chi connectivity index (χ3n) is 5.27. The summed E-state index contributed by atoms with van der Waals surface area (Å²) in [6.45, 7) is 10.5. The lowest BCUT2D eigenvalue weighted by Gasteiger charge is -2.49. The maximum absolute atomic E-state index is 6.09. The van der Waals surface area contributed by atoms with Crippen molar-refractivity contribution in [3.8, 4) is 0 Å². The van der Waals surface area contributed by atoms with Gasteiger partial charge in [-0.3, -0.25) is 4.90 Å². The zero-order chi connectivity index (χ0) is 12.5. The van der Waals surface area contributed by atoms with Crippen LogP contribution in [0.2, 0.25) is 0 Å². The van der Waals surface area contributed by atoms with Crippen LogP contribution in [0.25, 0.3) is 0 Å². The Morgan fingerprint density at radius 3 is 2.24 bits per heavy atom. The molecule has 1 atom stereocenters. The van der Waals surface area contributed by atoms with Crippen molar-refractivity contribution in [2.24, 2.45) is 17.1 Å². The van der Waals surface area contributed by atoms with Crippen LogP contribution < -0.4 is 5.73 Å². The third kappa shape index (κ3) is 3.03. The first-order valence-electron chi connectivity index (χ1n) is 7.40. The molecule has 0 aromatic heterocycles. The van der Waals surface area contributed by atoms with Crippen LogP contribution in [-0.4, -0.2) is 30.1 Å². The molecule has 1 aliphatic heterocycles. The second-order valence-electron chi connectivity index (χ2n) is 7.35. The lowest BCUT2D eigenvalue weighted by atomic mass is 9.74. The summed E-state index contributed by atoms with van der Waals surface area (Å²) in [6, 6.07) is 0. The fraction of sp³-hybridized carbons (Fsp3) is 1.00. The first-order valence-corrected chi connectivity index (χ1v) is 7.40. The number of hydrogen-bond acceptors (Lipinski definition) is 2. The van der Waals surface area contributed by atoms with Gasteiger partial charge >= 0.3 is 0 Å². The van der Waals surface area contributed by atoms with E-state index in [4.69, 9.17) is 5.73 Å². The molecule has 1 saturated heterocycles. The molecule has 0 bridgehead atoms. The predicted octanol–water partition coefficient (Wildman–Crippen LogP) is 3.02. The van der Waals surface area contributed by atoms with Gasteiger partial charge in [0.05, 0.1) is 0 Å². The van der Waals surface area contributed by atoms with E-state index < -0.39 is 0 Å². The van der Waals surface area contributed by atoms with E-state index in [0.29, 0.717) is 5.41 Å². The van der Waals surface area contributed by atoms with Gasteiger partial charge in [-0.25, -0.2) is 0 Å². The van der Waals surface area contributed by atoms with Crippen molar-refractivity contribution in [1.82, 2.24) is 4.90 Å². The molecule has 2 aliphatic rings. The Hall–Kier alpha value is -0.0800. The SMILES string of the molecule is CC1(C)CCN(C(C)(CN)CC2CCC2)CC1. The molecule has 0 amide bonds. The molecule has 0 spiro atoms. The van der Waals surface area contributed by atoms with Crippen LogP contribution >= 0.6 is 0 Å². The van der Waals surface area contributed by atoms with Crippen LogP contribution in [0.1, 0.15) is 59.3 Å². The van der Waals surface area contributed by atoms with Gasteiger partial charge in [0.15, 0.2) is 0 Å². The molecule has 0 radical (unpaired) electrons. The Labute approximate surface area is 107 Å². The van der Waals surface area contributed by atoms with Crippen molar-refractivity contribution < 1.29 is 0 Å². The molecule has 1 unspecified atom stereocenters. The zero-order valence-corrected chi connectivity index (χ0v) is 12.0. The summed E-state index contributed by atoms with van der Waals surface area (Å²) in [5.41, 5.74) is 6.90. The van der Waals surface area contributed by atoms with Gasteiger partial charge in [0.25, 0.3) is 0 Å². The van der Waals surface area contributed by atoms with Crippen molar-refractivity contribution in [2.45, 2.75) is 64.8 Å². The van der Waals surface area contributed by atoms with Gasteiger partial charge in [-0.15, -0.1) is 0 Å². The van der Waals surface area contributed by atoms with Gasteiger partial charge in [-0.2, -0.15) is 0 Å². The van der Waals surface area contributed by atoms with Crippen molar-refractivity contribution >= 4 is 0 Å². The molecule has 1 heterocycles. The van der Waals surface area contributed by atoms with Gasteiger partial charge in [0.1, 0.15) is 0 Å². The van der Waals surface area contributed by atoms with E-state index in [9.17, 15) is 0 Å². The lowest BCUT2D eigenvalue weighted by Crippen LogP contribution is -2.56. The fourth-order valence-corrected chi connectivity index (χ4v) is 3.31. The molecule has 2 rings (SSSR count). The average Bonchev–Trinajstić information content (AvgIpc) is 2.23. The van der Waals surface area contributed by atoms with E-state index in [1.165, 1.54) is 51.6 Å². The van der Waals surface area contributed by atoms with Crippen LogP contribution in [0.3, 0.4) is 0 Å². The predicted molar refractivity (Wildman–Crippen MR) is 74.0 cm³/mol. The molecule has 2 fully saturated rings. The van der Waals surface area contributed by atoms with Crippen molar-refractivity contribution in [1.29, 1.82) is 0 Å². The molecule has 0 aromatic carbocycles. The smallest absolute Gasteiger partial charge is 0.0306 e. The van der Waals surface area contributed by atoms with Crippen molar-refractivity contribution in [2.75, 3.05) is 19.6 Å². The van der Waals surface area contributed by atoms with Crippen molar-refractivity contribution in [3.05, 3.63) is 0 Å². The number of likely N-dealkylation sites (tertiary alicyclic amines) is 1. The van der Waals surface area contributed by atoms with Crippen LogP contribution in [0.4, 0.5) is 0 Å². The van der Waals surface area contributed by atoms with E-state index >= 15 is 0 Å². The molecule has 0 aromatic rings. The minimum Gasteiger partial charge on any atom is -0.329 e. The first-order chi connectivity index (χ1) is 7.95. The number of nitrogens with two attached hydrogens (primary N) is 1. The fourth-order valence-electron chi connectivity index (χ4n) is 3.31. The molecule has 17 heavy (non-hydrogen) atoms. The minimum atomic E-state index is 0.265. The molecule has 2 nitrogen and oxygen atoms in total. The lowest BCUT2D eigenvalue weighted by molar-refractivity contribution is 0.0196. The van der Waals surface area contributed by atoms with Gasteiger partial charge in [-0.1, -0.05) is 33.1 Å². The van der Waals surface area contributed by atoms with E-state index in [1.54, 1.807) is 0 Å². The highest BCUT2D eigenvalue weighted by molar-refractivity contribution is 4.94. The van der Waals surface area contributed by atoms with Gasteiger partial charge in [0.2, 0.25) is 0 Å². The Kier molecular flexibility index (Phi) is 3.84. The molecule has 100 valence electrons. The van der Waals surface area contributed by atoms with Crippen LogP contribution in [-0.2, 0) is 0 Å². The Morgan fingerprint density at radius 1 is 1.24 bits per heavy atom. The normalized spacial score (nSPS) is 29.6. The molecule has 2 N–H and O–H groups in total. The number of hydrogen-bond donors (Lipinski definition) is 1. The first kappa shape index (κ1) is 13.4. The van der Waals surface area contributed by atoms with Crippen LogP contribution in [0, 0.1) is 11.3 Å². The molecular formula is C15H30N2. The summed E-state index contributed by atoms with van der Waals surface area (Å²) in [7, 11) is 0. The average molecular weight is 238 g/mol. The number of piperidine rings is 1. The van der Waals surface area contributed by atoms with Gasteiger partial charge < -0.3 is 5.73 Å². The van der Waals surface area contributed by atoms with Crippen molar-refractivity contribution in [3.63, 3.8) is 0 Å². The van der Waals surface area contributed by atoms with E-state index in [0.717, 1.165) is 12.5 Å². The maximum Gasteiger partial charge on any atom is 0.0306 e. The second kappa shape index (κ2) is 4.89. The standard InChI is InChI=1S/C15H30N2/c1-14(2)7-9-17(10-8-14)15(3,12-16)11-13-5-4-6-13/h13H,4-12,16H2,1-3H3. The van der Waals surface area contributed by atoms with Gasteiger partial charge in [-0.05, 0) is 50.6 Å². The van der Waals surface area contributed by atoms with Gasteiger partial charge in [0, 0.05) is 12.1 Å². The minimum absolute atomic E-state index is 0.265. The quantitative estimate of drug-likeness (QED) is 0.816. The second-order valence-corrected chi connectivity index (χ2v) is 7.35. The Balaban J connectivity index is 1.92. The van der Waals surface area contributed by atoms with Crippen LogP contribution in [0.5, 0.6) is 0 Å². The van der Waals surface area contributed by atoms with E-state index in [1.807, 2.05) is 0 Å². The summed E-state index contributed by atoms with van der Waals surface area (Å²) in [6.07, 6.45) is 8.30. The van der Waals surface area contributed by atoms with E-state index in [2.05, 4.69) is 25.7 Å². The molecule has 1 aliphatic carbocycles. The summed E-state index contributed by atoms with van der Waals surface area (Å²) >= 11 is 0. The largest absolute Gasteiger partial charge is 0.329 e. The highest BCUT2D eigenvalue weighted by Crippen LogP contribution is 2.39. The summed E-state index contributed by atoms with van der Waals surface area (Å²) < 4.78 is 0. The van der Waals surface area contributed by atoms with Crippen LogP contribution in [0.15, 0.2) is 0 Å². The zero-order valence-electron chi connectivity index (χ0n) is 12.0. The van der Waals surface area contributed by atoms with E-state index in [-0.39, 0.29) is 5.54 Å². The number of nitrogens with zero attached hydrogens (tertiary/aromatic N) is 1. The topological polar surface area (TPSA) is 29.3 Å². The summed E-state index contributed by atoms with van der Waals surface area (Å²) in [5, 5.41) is 0. The molecular weight excluding hydrogens is 208 g/mol. The molecule has 2 heteroatoms.